The Morgan fingerprint density at radius 1 is 1.23 bits per heavy atom. The zero-order valence-electron chi connectivity index (χ0n) is 16.7. The van der Waals surface area contributed by atoms with Gasteiger partial charge in [0.25, 0.3) is 0 Å². The number of methoxy groups -OCH3 is 1. The van der Waals surface area contributed by atoms with Crippen LogP contribution in [0, 0.1) is 22.7 Å². The average molecular weight is 366 g/mol. The van der Waals surface area contributed by atoms with Crippen LogP contribution in [0.4, 0.5) is 0 Å². The van der Waals surface area contributed by atoms with E-state index in [0.717, 1.165) is 24.7 Å². The van der Waals surface area contributed by atoms with Crippen molar-refractivity contribution in [3.63, 3.8) is 0 Å². The number of allylic oxidation sites excluding steroid dienone is 1. The molecule has 0 aromatic heterocycles. The molecule has 5 nitrogen and oxygen atoms in total. The summed E-state index contributed by atoms with van der Waals surface area (Å²) in [6.45, 7) is 8.24. The Labute approximate surface area is 156 Å². The van der Waals surface area contributed by atoms with Gasteiger partial charge in [0.2, 0.25) is 0 Å². The quantitative estimate of drug-likeness (QED) is 0.444. The van der Waals surface area contributed by atoms with Gasteiger partial charge in [-0.3, -0.25) is 0 Å². The van der Waals surface area contributed by atoms with Crippen molar-refractivity contribution in [2.75, 3.05) is 7.11 Å². The molecule has 0 bridgehead atoms. The standard InChI is InChI=1S/C21H34O5/c1-14(12-18(24)26-5)6-7-16-20(4)10-9-17(23)19(2,3)15(20)8-11-21(16,25)13-22/h12-13,15-17,23,25H,6-11H2,1-5H3. The van der Waals surface area contributed by atoms with Crippen LogP contribution in [0.15, 0.2) is 11.6 Å². The minimum absolute atomic E-state index is 0.195. The summed E-state index contributed by atoms with van der Waals surface area (Å²) in [5, 5.41) is 21.6. The highest BCUT2D eigenvalue weighted by molar-refractivity contribution is 5.82. The smallest absolute Gasteiger partial charge is 0.330 e. The zero-order valence-corrected chi connectivity index (χ0v) is 16.7. The minimum Gasteiger partial charge on any atom is -0.466 e. The van der Waals surface area contributed by atoms with E-state index in [1.807, 2.05) is 6.92 Å². The van der Waals surface area contributed by atoms with E-state index in [1.165, 1.54) is 13.2 Å². The van der Waals surface area contributed by atoms with Gasteiger partial charge in [-0.2, -0.15) is 0 Å². The Kier molecular flexibility index (Phi) is 6.03. The third-order valence-electron chi connectivity index (χ3n) is 7.34. The van der Waals surface area contributed by atoms with Crippen molar-refractivity contribution < 1.29 is 24.5 Å². The lowest BCUT2D eigenvalue weighted by Crippen LogP contribution is -2.61. The van der Waals surface area contributed by atoms with Crippen LogP contribution in [-0.4, -0.2) is 41.3 Å². The van der Waals surface area contributed by atoms with Crippen LogP contribution in [0.1, 0.15) is 66.2 Å². The maximum absolute atomic E-state index is 11.8. The van der Waals surface area contributed by atoms with E-state index in [9.17, 15) is 19.8 Å². The molecule has 2 rings (SSSR count). The lowest BCUT2D eigenvalue weighted by molar-refractivity contribution is -0.196. The number of aliphatic hydroxyl groups is 2. The highest BCUT2D eigenvalue weighted by Crippen LogP contribution is 2.62. The molecule has 0 heterocycles. The Hall–Kier alpha value is -1.20. The number of rotatable bonds is 5. The molecule has 2 aliphatic rings. The Morgan fingerprint density at radius 2 is 1.88 bits per heavy atom. The van der Waals surface area contributed by atoms with Gasteiger partial charge < -0.3 is 19.7 Å². The zero-order chi connectivity index (χ0) is 19.8. The third-order valence-corrected chi connectivity index (χ3v) is 7.34. The molecular weight excluding hydrogens is 332 g/mol. The van der Waals surface area contributed by atoms with E-state index in [-0.39, 0.29) is 34.7 Å². The first-order chi connectivity index (χ1) is 12.0. The van der Waals surface area contributed by atoms with Gasteiger partial charge >= 0.3 is 5.97 Å². The van der Waals surface area contributed by atoms with Gasteiger partial charge in [0.15, 0.2) is 6.29 Å². The molecule has 5 atom stereocenters. The molecule has 0 amide bonds. The molecule has 0 radical (unpaired) electrons. The second-order valence-electron chi connectivity index (χ2n) is 9.19. The summed E-state index contributed by atoms with van der Waals surface area (Å²) in [5.41, 5.74) is -0.921. The highest BCUT2D eigenvalue weighted by atomic mass is 16.5. The normalized spacial score (nSPS) is 39.8. The molecule has 0 saturated heterocycles. The van der Waals surface area contributed by atoms with Crippen LogP contribution in [0.3, 0.4) is 0 Å². The van der Waals surface area contributed by atoms with E-state index in [4.69, 9.17) is 0 Å². The molecule has 5 heteroatoms. The lowest BCUT2D eigenvalue weighted by Gasteiger charge is -2.62. The predicted molar refractivity (Wildman–Crippen MR) is 99.4 cm³/mol. The van der Waals surface area contributed by atoms with Gasteiger partial charge in [0, 0.05) is 12.0 Å². The van der Waals surface area contributed by atoms with Crippen LogP contribution < -0.4 is 0 Å². The maximum atomic E-state index is 11.8. The Morgan fingerprint density at radius 3 is 2.46 bits per heavy atom. The summed E-state index contributed by atoms with van der Waals surface area (Å²) in [6.07, 6.45) is 5.73. The number of aliphatic hydroxyl groups excluding tert-OH is 1. The number of fused-ring (bicyclic) bond motifs is 1. The first-order valence-corrected chi connectivity index (χ1v) is 9.63. The molecule has 2 saturated carbocycles. The maximum Gasteiger partial charge on any atom is 0.330 e. The fourth-order valence-corrected chi connectivity index (χ4v) is 5.74. The van der Waals surface area contributed by atoms with Crippen molar-refractivity contribution in [3.8, 4) is 0 Å². The van der Waals surface area contributed by atoms with Gasteiger partial charge in [-0.25, -0.2) is 4.79 Å². The van der Waals surface area contributed by atoms with Crippen molar-refractivity contribution in [2.45, 2.75) is 77.9 Å². The van der Waals surface area contributed by atoms with Crippen molar-refractivity contribution in [3.05, 3.63) is 11.6 Å². The van der Waals surface area contributed by atoms with Crippen molar-refractivity contribution >= 4 is 12.3 Å². The number of carbonyl (C=O) groups is 2. The molecule has 148 valence electrons. The SMILES string of the molecule is COC(=O)C=C(C)CCC1C(O)(C=O)CCC2C(C)(C)C(O)CCC12C. The van der Waals surface area contributed by atoms with Crippen LogP contribution >= 0.6 is 0 Å². The number of ether oxygens (including phenoxy) is 1. The lowest BCUT2D eigenvalue weighted by atomic mass is 9.44. The molecule has 0 aromatic carbocycles. The molecule has 26 heavy (non-hydrogen) atoms. The molecule has 5 unspecified atom stereocenters. The second kappa shape index (κ2) is 7.43. The Balaban J connectivity index is 2.31. The van der Waals surface area contributed by atoms with Crippen LogP contribution in [0.5, 0.6) is 0 Å². The largest absolute Gasteiger partial charge is 0.466 e. The molecule has 0 spiro atoms. The number of aldehydes is 1. The Bertz CT molecular complexity index is 581. The minimum atomic E-state index is -1.34. The molecule has 0 aliphatic heterocycles. The fourth-order valence-electron chi connectivity index (χ4n) is 5.74. The van der Waals surface area contributed by atoms with E-state index in [1.54, 1.807) is 0 Å². The van der Waals surface area contributed by atoms with Crippen molar-refractivity contribution in [2.24, 2.45) is 22.7 Å². The molecule has 2 fully saturated rings. The van der Waals surface area contributed by atoms with Crippen LogP contribution in [-0.2, 0) is 14.3 Å². The molecule has 0 aromatic rings. The predicted octanol–water partition coefficient (Wildman–Crippen LogP) is 3.03. The van der Waals surface area contributed by atoms with E-state index >= 15 is 0 Å². The van der Waals surface area contributed by atoms with Gasteiger partial charge in [-0.05, 0) is 62.2 Å². The number of hydrogen-bond donors (Lipinski definition) is 2. The first-order valence-electron chi connectivity index (χ1n) is 9.63. The van der Waals surface area contributed by atoms with Gasteiger partial charge in [-0.15, -0.1) is 0 Å². The van der Waals surface area contributed by atoms with E-state index in [0.29, 0.717) is 25.7 Å². The molecule has 2 N–H and O–H groups in total. The number of hydrogen-bond acceptors (Lipinski definition) is 5. The number of carbonyl (C=O) groups excluding carboxylic acids is 2. The van der Waals surface area contributed by atoms with Gasteiger partial charge in [0.05, 0.1) is 13.2 Å². The summed E-state index contributed by atoms with van der Waals surface area (Å²) < 4.78 is 4.67. The molecular formula is C21H34O5. The van der Waals surface area contributed by atoms with E-state index < -0.39 is 5.60 Å². The summed E-state index contributed by atoms with van der Waals surface area (Å²) in [7, 11) is 1.35. The van der Waals surface area contributed by atoms with Gasteiger partial charge in [0.1, 0.15) is 5.60 Å². The van der Waals surface area contributed by atoms with Crippen molar-refractivity contribution in [1.82, 2.24) is 0 Å². The third kappa shape index (κ3) is 3.61. The summed E-state index contributed by atoms with van der Waals surface area (Å²) in [4.78, 5) is 23.3. The second-order valence-corrected chi connectivity index (χ2v) is 9.19. The summed E-state index contributed by atoms with van der Waals surface area (Å²) in [6, 6.07) is 0. The summed E-state index contributed by atoms with van der Waals surface area (Å²) in [5.74, 6) is -0.337. The molecule has 2 aliphatic carbocycles. The summed E-state index contributed by atoms with van der Waals surface area (Å²) >= 11 is 0. The van der Waals surface area contributed by atoms with Gasteiger partial charge in [-0.1, -0.05) is 26.3 Å². The monoisotopic (exact) mass is 366 g/mol. The topological polar surface area (TPSA) is 83.8 Å². The highest BCUT2D eigenvalue weighted by Gasteiger charge is 2.61. The first kappa shape index (κ1) is 21.1. The van der Waals surface area contributed by atoms with Crippen molar-refractivity contribution in [1.29, 1.82) is 0 Å². The van der Waals surface area contributed by atoms with Crippen LogP contribution in [0.2, 0.25) is 0 Å². The van der Waals surface area contributed by atoms with E-state index in [2.05, 4.69) is 25.5 Å². The number of esters is 1. The average Bonchev–Trinajstić information content (AvgIpc) is 2.57. The van der Waals surface area contributed by atoms with Crippen LogP contribution in [0.25, 0.3) is 0 Å². The fraction of sp³-hybridized carbons (Fsp3) is 0.810.